The first-order valence-electron chi connectivity index (χ1n) is 5.60. The predicted octanol–water partition coefficient (Wildman–Crippen LogP) is 3.58. The average molecular weight is 240 g/mol. The SMILES string of the molecule is COc1ccc(-n2ccc3c[c]ccc32)cc1F. The quantitative estimate of drug-likeness (QED) is 0.667. The van der Waals surface area contributed by atoms with Crippen molar-refractivity contribution in [2.75, 3.05) is 7.11 Å². The van der Waals surface area contributed by atoms with Gasteiger partial charge in [0.15, 0.2) is 11.6 Å². The Morgan fingerprint density at radius 2 is 2.11 bits per heavy atom. The molecule has 18 heavy (non-hydrogen) atoms. The number of hydrogen-bond donors (Lipinski definition) is 0. The van der Waals surface area contributed by atoms with Gasteiger partial charge < -0.3 is 9.30 Å². The molecule has 0 aliphatic carbocycles. The van der Waals surface area contributed by atoms with E-state index in [9.17, 15) is 4.39 Å². The van der Waals surface area contributed by atoms with Crippen LogP contribution >= 0.6 is 0 Å². The van der Waals surface area contributed by atoms with Gasteiger partial charge >= 0.3 is 0 Å². The number of fused-ring (bicyclic) bond motifs is 1. The maximum atomic E-state index is 13.7. The Morgan fingerprint density at radius 3 is 2.89 bits per heavy atom. The number of benzene rings is 2. The fourth-order valence-electron chi connectivity index (χ4n) is 2.05. The highest BCUT2D eigenvalue weighted by Crippen LogP contribution is 2.24. The summed E-state index contributed by atoms with van der Waals surface area (Å²) in [4.78, 5) is 0. The molecule has 0 fully saturated rings. The lowest BCUT2D eigenvalue weighted by atomic mass is 10.2. The molecule has 0 saturated heterocycles. The van der Waals surface area contributed by atoms with E-state index in [0.29, 0.717) is 0 Å². The summed E-state index contributed by atoms with van der Waals surface area (Å²) in [6.07, 6.45) is 1.92. The molecule has 1 radical (unpaired) electrons. The summed E-state index contributed by atoms with van der Waals surface area (Å²) in [6, 6.07) is 15.6. The van der Waals surface area contributed by atoms with Crippen LogP contribution < -0.4 is 4.74 Å². The summed E-state index contributed by atoms with van der Waals surface area (Å²) < 4.78 is 20.5. The van der Waals surface area contributed by atoms with Crippen molar-refractivity contribution in [2.24, 2.45) is 0 Å². The molecule has 0 bridgehead atoms. The minimum absolute atomic E-state index is 0.253. The van der Waals surface area contributed by atoms with E-state index in [-0.39, 0.29) is 11.6 Å². The fraction of sp³-hybridized carbons (Fsp3) is 0.0667. The predicted molar refractivity (Wildman–Crippen MR) is 68.6 cm³/mol. The normalized spacial score (nSPS) is 10.8. The Balaban J connectivity index is 2.17. The molecule has 0 saturated carbocycles. The van der Waals surface area contributed by atoms with Crippen molar-refractivity contribution in [3.63, 3.8) is 0 Å². The van der Waals surface area contributed by atoms with Crippen molar-refractivity contribution in [3.8, 4) is 11.4 Å². The standard InChI is InChI=1S/C15H11FNO/c1-18-15-7-6-12(10-13(15)16)17-9-8-11-4-2-3-5-14(11)17/h3-10H,1H3. The topological polar surface area (TPSA) is 14.2 Å². The van der Waals surface area contributed by atoms with Gasteiger partial charge in [-0.2, -0.15) is 0 Å². The second kappa shape index (κ2) is 4.18. The number of halogens is 1. The molecule has 1 heterocycles. The van der Waals surface area contributed by atoms with E-state index in [1.165, 1.54) is 13.2 Å². The van der Waals surface area contributed by atoms with Crippen molar-refractivity contribution in [1.29, 1.82) is 0 Å². The number of hydrogen-bond acceptors (Lipinski definition) is 1. The van der Waals surface area contributed by atoms with E-state index in [4.69, 9.17) is 4.74 Å². The van der Waals surface area contributed by atoms with E-state index < -0.39 is 0 Å². The first-order valence-corrected chi connectivity index (χ1v) is 5.60. The van der Waals surface area contributed by atoms with Gasteiger partial charge in [0, 0.05) is 23.3 Å². The molecule has 0 atom stereocenters. The fourth-order valence-corrected chi connectivity index (χ4v) is 2.05. The number of rotatable bonds is 2. The highest BCUT2D eigenvalue weighted by atomic mass is 19.1. The van der Waals surface area contributed by atoms with Crippen LogP contribution in [0, 0.1) is 11.9 Å². The molecule has 1 aromatic heterocycles. The third-order valence-corrected chi connectivity index (χ3v) is 2.95. The molecule has 2 nitrogen and oxygen atoms in total. The maximum absolute atomic E-state index is 13.7. The second-order valence-corrected chi connectivity index (χ2v) is 3.99. The molecule has 0 spiro atoms. The molecular formula is C15H11FNO. The lowest BCUT2D eigenvalue weighted by Crippen LogP contribution is -1.94. The van der Waals surface area contributed by atoms with Crippen LogP contribution in [0.15, 0.2) is 48.7 Å². The zero-order chi connectivity index (χ0) is 12.5. The van der Waals surface area contributed by atoms with E-state index in [1.54, 1.807) is 6.07 Å². The molecule has 0 aliphatic rings. The second-order valence-electron chi connectivity index (χ2n) is 3.99. The monoisotopic (exact) mass is 240 g/mol. The number of nitrogens with zero attached hydrogens (tertiary/aromatic N) is 1. The molecule has 3 rings (SSSR count). The van der Waals surface area contributed by atoms with Crippen LogP contribution in [0.3, 0.4) is 0 Å². The van der Waals surface area contributed by atoms with E-state index in [2.05, 4.69) is 6.07 Å². The first-order chi connectivity index (χ1) is 8.79. The summed E-state index contributed by atoms with van der Waals surface area (Å²) in [5, 5.41) is 1.08. The zero-order valence-corrected chi connectivity index (χ0v) is 9.85. The summed E-state index contributed by atoms with van der Waals surface area (Å²) in [6.45, 7) is 0. The molecule has 89 valence electrons. The van der Waals surface area contributed by atoms with Crippen molar-refractivity contribution >= 4 is 10.9 Å². The van der Waals surface area contributed by atoms with Crippen molar-refractivity contribution in [2.45, 2.75) is 0 Å². The Labute approximate surface area is 104 Å². The van der Waals surface area contributed by atoms with E-state index in [0.717, 1.165) is 16.6 Å². The van der Waals surface area contributed by atoms with Gasteiger partial charge in [0.2, 0.25) is 0 Å². The van der Waals surface area contributed by atoms with Crippen LogP contribution in [-0.2, 0) is 0 Å². The minimum atomic E-state index is -0.362. The number of ether oxygens (including phenoxy) is 1. The lowest BCUT2D eigenvalue weighted by molar-refractivity contribution is 0.386. The third-order valence-electron chi connectivity index (χ3n) is 2.95. The van der Waals surface area contributed by atoms with Gasteiger partial charge in [-0.25, -0.2) is 4.39 Å². The summed E-state index contributed by atoms with van der Waals surface area (Å²) in [5.41, 5.74) is 1.80. The van der Waals surface area contributed by atoms with E-state index >= 15 is 0 Å². The summed E-state index contributed by atoms with van der Waals surface area (Å²) >= 11 is 0. The van der Waals surface area contributed by atoms with Crippen LogP contribution in [0.1, 0.15) is 0 Å². The molecule has 0 amide bonds. The van der Waals surface area contributed by atoms with Crippen LogP contribution in [0.4, 0.5) is 4.39 Å². The number of aromatic nitrogens is 1. The Hall–Kier alpha value is -2.29. The Kier molecular flexibility index (Phi) is 2.52. The van der Waals surface area contributed by atoms with E-state index in [1.807, 2.05) is 41.1 Å². The highest BCUT2D eigenvalue weighted by Gasteiger charge is 2.06. The van der Waals surface area contributed by atoms with Crippen LogP contribution in [0.2, 0.25) is 0 Å². The summed E-state index contributed by atoms with van der Waals surface area (Å²) in [7, 11) is 1.46. The lowest BCUT2D eigenvalue weighted by Gasteiger charge is -2.07. The van der Waals surface area contributed by atoms with Gasteiger partial charge in [-0.05, 0) is 36.4 Å². The number of methoxy groups -OCH3 is 1. The third kappa shape index (κ3) is 1.64. The van der Waals surface area contributed by atoms with Crippen LogP contribution in [-0.4, -0.2) is 11.7 Å². The van der Waals surface area contributed by atoms with Gasteiger partial charge in [0.05, 0.1) is 12.6 Å². The smallest absolute Gasteiger partial charge is 0.167 e. The molecule has 3 heteroatoms. The average Bonchev–Trinajstić information content (AvgIpc) is 2.82. The minimum Gasteiger partial charge on any atom is -0.494 e. The van der Waals surface area contributed by atoms with Crippen molar-refractivity contribution in [1.82, 2.24) is 4.57 Å². The molecule has 3 aromatic rings. The molecule has 0 unspecified atom stereocenters. The first kappa shape index (κ1) is 10.8. The highest BCUT2D eigenvalue weighted by molar-refractivity contribution is 5.81. The molecule has 0 aliphatic heterocycles. The van der Waals surface area contributed by atoms with Gasteiger partial charge in [-0.15, -0.1) is 0 Å². The molecular weight excluding hydrogens is 229 g/mol. The largest absolute Gasteiger partial charge is 0.494 e. The van der Waals surface area contributed by atoms with Gasteiger partial charge in [0.1, 0.15) is 0 Å². The maximum Gasteiger partial charge on any atom is 0.167 e. The van der Waals surface area contributed by atoms with Crippen LogP contribution in [0.5, 0.6) is 5.75 Å². The Morgan fingerprint density at radius 1 is 1.22 bits per heavy atom. The Bertz CT molecular complexity index is 703. The van der Waals surface area contributed by atoms with Crippen LogP contribution in [0.25, 0.3) is 16.6 Å². The van der Waals surface area contributed by atoms with Crippen molar-refractivity contribution < 1.29 is 9.13 Å². The van der Waals surface area contributed by atoms with Gasteiger partial charge in [-0.3, -0.25) is 0 Å². The molecule has 0 N–H and O–H groups in total. The van der Waals surface area contributed by atoms with Gasteiger partial charge in [-0.1, -0.05) is 6.07 Å². The zero-order valence-electron chi connectivity index (χ0n) is 9.85. The van der Waals surface area contributed by atoms with Gasteiger partial charge in [0.25, 0.3) is 0 Å². The summed E-state index contributed by atoms with van der Waals surface area (Å²) in [5.74, 6) is -0.108. The van der Waals surface area contributed by atoms with Crippen molar-refractivity contribution in [3.05, 3.63) is 60.5 Å². The molecule has 2 aromatic carbocycles.